The van der Waals surface area contributed by atoms with E-state index in [1.807, 2.05) is 6.92 Å². The highest BCUT2D eigenvalue weighted by atomic mass is 16.4. The Hall–Kier alpha value is -6.88. The standard InChI is InChI=1S/C54H92N10O16/c1-10-13-15-17-19-21-24-36(56-34(8)67)47(73)62-41(30-65)52(78)59-38(26-32(4)5)49(75)63-42(31-66)54(80)64(9)43(27-33(6)7)53(79)61-40(29-45(70)71)51(77)58-37(25-22-20-18-16-14-11-2)48(74)60-39(28-44(68)69)50(76)57-35(23-12-3)46(55)72/h3,32-33,35-43,65-66H,10-11,13-31H2,1-2,4-9H3,(H2,55,72)(H,56,67)(H,57,76)(H,58,77)(H,59,78)(H,60,74)(H,61,79)(H,62,73)(H,63,75)(H,68,69)(H,70,71)/t35-,36-,37?,38-,39-,40-,41-,42-,43-/m0/s1. The lowest BCUT2D eigenvalue weighted by Gasteiger charge is -2.33. The van der Waals surface area contributed by atoms with Crippen molar-refractivity contribution in [1.29, 1.82) is 0 Å². The second-order valence-electron chi connectivity index (χ2n) is 20.9. The number of carbonyl (C=O) groups excluding carboxylic acids is 10. The molecule has 26 heteroatoms. The molecule has 9 atom stereocenters. The molecule has 0 aliphatic rings. The lowest BCUT2D eigenvalue weighted by atomic mass is 9.99. The van der Waals surface area contributed by atoms with Gasteiger partial charge in [-0.3, -0.25) is 57.5 Å². The molecule has 0 aromatic rings. The molecular formula is C54H92N10O16. The van der Waals surface area contributed by atoms with Gasteiger partial charge in [0.1, 0.15) is 54.4 Å². The number of nitrogens with one attached hydrogen (secondary N) is 8. The van der Waals surface area contributed by atoms with E-state index in [-0.39, 0.29) is 43.9 Å². The van der Waals surface area contributed by atoms with Gasteiger partial charge in [-0.15, -0.1) is 12.3 Å². The SMILES string of the molecule is C#CC[C@H](NC(=O)[C@H](CC(=O)O)NC(=O)C(CCCCCCCC)NC(=O)[C@H](CC(=O)O)NC(=O)[C@H](CC(C)C)N(C)C(=O)[C@H](CO)NC(=O)[C@H](CC(C)C)NC(=O)[C@H](CO)NC(=O)[C@H](CCCCCCCC)NC(C)=O)C(N)=O. The highest BCUT2D eigenvalue weighted by Gasteiger charge is 2.38. The van der Waals surface area contributed by atoms with Gasteiger partial charge in [0.05, 0.1) is 26.1 Å². The first kappa shape index (κ1) is 73.1. The molecule has 0 fully saturated rings. The van der Waals surface area contributed by atoms with Crippen molar-refractivity contribution in [2.75, 3.05) is 20.3 Å². The number of nitrogens with two attached hydrogens (primary N) is 1. The molecule has 0 bridgehead atoms. The molecule has 0 spiro atoms. The van der Waals surface area contributed by atoms with Crippen LogP contribution in [0.25, 0.3) is 0 Å². The van der Waals surface area contributed by atoms with Crippen LogP contribution in [0.2, 0.25) is 0 Å². The minimum Gasteiger partial charge on any atom is -0.481 e. The van der Waals surface area contributed by atoms with Crippen LogP contribution in [0.4, 0.5) is 0 Å². The van der Waals surface area contributed by atoms with Crippen LogP contribution >= 0.6 is 0 Å². The van der Waals surface area contributed by atoms with Crippen molar-refractivity contribution in [3.63, 3.8) is 0 Å². The van der Waals surface area contributed by atoms with Crippen LogP contribution in [0.1, 0.15) is 170 Å². The Balaban J connectivity index is 6.67. The van der Waals surface area contributed by atoms with E-state index in [1.54, 1.807) is 27.7 Å². The molecule has 454 valence electrons. The quantitative estimate of drug-likeness (QED) is 0.0277. The van der Waals surface area contributed by atoms with E-state index < -0.39 is 151 Å². The molecule has 0 aromatic heterocycles. The second kappa shape index (κ2) is 40.3. The first-order valence-corrected chi connectivity index (χ1v) is 27.7. The Labute approximate surface area is 470 Å². The van der Waals surface area contributed by atoms with Crippen LogP contribution in [-0.4, -0.2) is 171 Å². The smallest absolute Gasteiger partial charge is 0.305 e. The molecule has 1 unspecified atom stereocenters. The van der Waals surface area contributed by atoms with E-state index in [2.05, 4.69) is 55.4 Å². The fourth-order valence-corrected chi connectivity index (χ4v) is 8.42. The van der Waals surface area contributed by atoms with Crippen molar-refractivity contribution in [3.8, 4) is 12.3 Å². The van der Waals surface area contributed by atoms with Crippen LogP contribution in [-0.2, 0) is 57.5 Å². The Morgan fingerprint density at radius 1 is 0.475 bits per heavy atom. The summed E-state index contributed by atoms with van der Waals surface area (Å²) in [4.78, 5) is 159. The van der Waals surface area contributed by atoms with Gasteiger partial charge in [0.15, 0.2) is 0 Å². The van der Waals surface area contributed by atoms with Gasteiger partial charge in [0, 0.05) is 20.4 Å². The van der Waals surface area contributed by atoms with E-state index in [9.17, 15) is 78.0 Å². The first-order chi connectivity index (χ1) is 37.7. The number of nitrogens with zero attached hydrogens (tertiary/aromatic N) is 1. The van der Waals surface area contributed by atoms with Crippen molar-refractivity contribution in [3.05, 3.63) is 0 Å². The van der Waals surface area contributed by atoms with Crippen LogP contribution in [0, 0.1) is 24.2 Å². The second-order valence-corrected chi connectivity index (χ2v) is 20.9. The zero-order valence-corrected chi connectivity index (χ0v) is 48.0. The highest BCUT2D eigenvalue weighted by molar-refractivity contribution is 5.99. The van der Waals surface area contributed by atoms with E-state index in [4.69, 9.17) is 12.2 Å². The van der Waals surface area contributed by atoms with E-state index in [0.29, 0.717) is 19.3 Å². The summed E-state index contributed by atoms with van der Waals surface area (Å²) in [5.74, 6) is -11.2. The number of hydrogen-bond acceptors (Lipinski definition) is 14. The predicted molar refractivity (Wildman–Crippen MR) is 294 cm³/mol. The number of carboxylic acids is 2. The van der Waals surface area contributed by atoms with Crippen molar-refractivity contribution in [2.45, 2.75) is 225 Å². The molecule has 0 aliphatic carbocycles. The number of terminal acetylenes is 1. The molecule has 0 saturated carbocycles. The summed E-state index contributed by atoms with van der Waals surface area (Å²) < 4.78 is 0. The number of aliphatic carboxylic acids is 2. The number of likely N-dealkylation sites (N-methyl/N-ethyl adjacent to an activating group) is 1. The van der Waals surface area contributed by atoms with Gasteiger partial charge in [0.2, 0.25) is 59.1 Å². The molecule has 0 aromatic carbocycles. The summed E-state index contributed by atoms with van der Waals surface area (Å²) in [5, 5.41) is 59.3. The van der Waals surface area contributed by atoms with Gasteiger partial charge < -0.3 is 73.6 Å². The fourth-order valence-electron chi connectivity index (χ4n) is 8.42. The zero-order chi connectivity index (χ0) is 61.1. The maximum atomic E-state index is 14.2. The molecule has 0 radical (unpaired) electrons. The van der Waals surface area contributed by atoms with Gasteiger partial charge >= 0.3 is 11.9 Å². The first-order valence-electron chi connectivity index (χ1n) is 27.7. The van der Waals surface area contributed by atoms with E-state index in [0.717, 1.165) is 62.7 Å². The van der Waals surface area contributed by atoms with E-state index >= 15 is 0 Å². The van der Waals surface area contributed by atoms with Crippen LogP contribution in [0.3, 0.4) is 0 Å². The number of rotatable bonds is 43. The number of aliphatic hydroxyl groups excluding tert-OH is 2. The average molecular weight is 1140 g/mol. The number of primary amides is 1. The Bertz CT molecular complexity index is 2080. The molecule has 0 rings (SSSR count). The van der Waals surface area contributed by atoms with Crippen molar-refractivity contribution >= 4 is 71.0 Å². The minimum atomic E-state index is -1.91. The van der Waals surface area contributed by atoms with Crippen molar-refractivity contribution in [2.24, 2.45) is 17.6 Å². The normalized spacial score (nSPS) is 14.4. The Kier molecular flexibility index (Phi) is 36.9. The van der Waals surface area contributed by atoms with Gasteiger partial charge in [-0.2, -0.15) is 0 Å². The summed E-state index contributed by atoms with van der Waals surface area (Å²) in [5.41, 5.74) is 5.32. The maximum Gasteiger partial charge on any atom is 0.305 e. The molecule has 0 heterocycles. The third kappa shape index (κ3) is 29.9. The van der Waals surface area contributed by atoms with E-state index in [1.165, 1.54) is 14.0 Å². The minimum absolute atomic E-state index is 0.0337. The lowest BCUT2D eigenvalue weighted by molar-refractivity contribution is -0.145. The number of amides is 10. The highest BCUT2D eigenvalue weighted by Crippen LogP contribution is 2.16. The van der Waals surface area contributed by atoms with Crippen LogP contribution in [0.5, 0.6) is 0 Å². The van der Waals surface area contributed by atoms with Crippen molar-refractivity contribution in [1.82, 2.24) is 47.4 Å². The number of unbranched alkanes of at least 4 members (excludes halogenated alkanes) is 10. The predicted octanol–water partition coefficient (Wildman–Crippen LogP) is -0.252. The molecule has 26 nitrogen and oxygen atoms in total. The van der Waals surface area contributed by atoms with Gasteiger partial charge in [0.25, 0.3) is 0 Å². The summed E-state index contributed by atoms with van der Waals surface area (Å²) in [7, 11) is 1.17. The zero-order valence-electron chi connectivity index (χ0n) is 48.0. The largest absolute Gasteiger partial charge is 0.481 e. The number of carbonyl (C=O) groups is 12. The van der Waals surface area contributed by atoms with Gasteiger partial charge in [-0.25, -0.2) is 0 Å². The molecular weight excluding hydrogens is 1040 g/mol. The summed E-state index contributed by atoms with van der Waals surface area (Å²) in [6, 6.07) is -13.9. The summed E-state index contributed by atoms with van der Waals surface area (Å²) in [6.45, 7) is 10.2. The molecule has 10 amide bonds. The Morgan fingerprint density at radius 2 is 0.825 bits per heavy atom. The average Bonchev–Trinajstić information content (AvgIpc) is 3.37. The van der Waals surface area contributed by atoms with Crippen LogP contribution in [0.15, 0.2) is 0 Å². The fraction of sp³-hybridized carbons (Fsp3) is 0.741. The Morgan fingerprint density at radius 3 is 1.24 bits per heavy atom. The molecule has 80 heavy (non-hydrogen) atoms. The molecule has 0 saturated heterocycles. The molecule has 14 N–H and O–H groups in total. The van der Waals surface area contributed by atoms with Crippen molar-refractivity contribution < 1.29 is 78.0 Å². The summed E-state index contributed by atoms with van der Waals surface area (Å²) in [6.07, 6.45) is 12.7. The monoisotopic (exact) mass is 1140 g/mol. The maximum absolute atomic E-state index is 14.2. The lowest BCUT2D eigenvalue weighted by Crippen LogP contribution is -2.61. The third-order valence-corrected chi connectivity index (χ3v) is 12.8. The third-order valence-electron chi connectivity index (χ3n) is 12.8. The van der Waals surface area contributed by atoms with Gasteiger partial charge in [-0.1, -0.05) is 119 Å². The van der Waals surface area contributed by atoms with Gasteiger partial charge in [-0.05, 0) is 37.5 Å². The number of hydrogen-bond donors (Lipinski definition) is 13. The number of carboxylic acid groups (broad SMARTS) is 2. The van der Waals surface area contributed by atoms with Crippen LogP contribution < -0.4 is 48.3 Å². The topological polar surface area (TPSA) is 411 Å². The number of aliphatic hydroxyl groups is 2. The summed E-state index contributed by atoms with van der Waals surface area (Å²) >= 11 is 0. The molecule has 0 aliphatic heterocycles.